The molecule has 13 heavy (non-hydrogen) atoms. The van der Waals surface area contributed by atoms with Crippen molar-refractivity contribution >= 4 is 22.5 Å². The number of hydrogen-bond donors (Lipinski definition) is 1. The van der Waals surface area contributed by atoms with Gasteiger partial charge in [-0.05, 0) is 29.8 Å². The highest BCUT2D eigenvalue weighted by Crippen LogP contribution is 2.16. The zero-order valence-corrected chi connectivity index (χ0v) is 7.75. The summed E-state index contributed by atoms with van der Waals surface area (Å²) < 4.78 is 0. The van der Waals surface area contributed by atoms with E-state index in [0.29, 0.717) is 11.7 Å². The molecule has 0 saturated heterocycles. The maximum atomic E-state index is 5.76. The molecule has 0 aliphatic rings. The van der Waals surface area contributed by atoms with E-state index in [1.165, 1.54) is 0 Å². The van der Waals surface area contributed by atoms with E-state index in [1.54, 1.807) is 6.07 Å². The molecule has 0 saturated carbocycles. The van der Waals surface area contributed by atoms with Crippen molar-refractivity contribution in [1.82, 2.24) is 4.98 Å². The molecular formula is C10H9ClN2. The normalized spacial score (nSPS) is 10.6. The molecule has 2 nitrogen and oxygen atoms in total. The molecule has 2 N–H and O–H groups in total. The standard InChI is InChI=1S/C10H9ClN2/c11-10-4-2-8-5-7(6-12)1-3-9(8)13-10/h1-5H,6,12H2. The van der Waals surface area contributed by atoms with Crippen LogP contribution in [0.1, 0.15) is 5.56 Å². The number of rotatable bonds is 1. The van der Waals surface area contributed by atoms with Crippen LogP contribution in [0.5, 0.6) is 0 Å². The summed E-state index contributed by atoms with van der Waals surface area (Å²) in [7, 11) is 0. The van der Waals surface area contributed by atoms with E-state index in [2.05, 4.69) is 4.98 Å². The second-order valence-corrected chi connectivity index (χ2v) is 3.25. The zero-order chi connectivity index (χ0) is 9.26. The van der Waals surface area contributed by atoms with E-state index in [4.69, 9.17) is 17.3 Å². The molecule has 0 unspecified atom stereocenters. The first-order valence-electron chi connectivity index (χ1n) is 4.05. The van der Waals surface area contributed by atoms with Crippen molar-refractivity contribution in [2.75, 3.05) is 0 Å². The highest BCUT2D eigenvalue weighted by molar-refractivity contribution is 6.29. The summed E-state index contributed by atoms with van der Waals surface area (Å²) in [5.41, 5.74) is 7.54. The average molecular weight is 193 g/mol. The van der Waals surface area contributed by atoms with Gasteiger partial charge in [0.25, 0.3) is 0 Å². The van der Waals surface area contributed by atoms with Gasteiger partial charge < -0.3 is 5.73 Å². The number of fused-ring (bicyclic) bond motifs is 1. The van der Waals surface area contributed by atoms with Crippen molar-refractivity contribution in [3.63, 3.8) is 0 Å². The van der Waals surface area contributed by atoms with Crippen LogP contribution in [0, 0.1) is 0 Å². The molecule has 0 aliphatic carbocycles. The summed E-state index contributed by atoms with van der Waals surface area (Å²) in [5, 5.41) is 1.60. The smallest absolute Gasteiger partial charge is 0.129 e. The van der Waals surface area contributed by atoms with Gasteiger partial charge >= 0.3 is 0 Å². The molecule has 0 fully saturated rings. The van der Waals surface area contributed by atoms with Crippen LogP contribution >= 0.6 is 11.6 Å². The average Bonchev–Trinajstić information content (AvgIpc) is 2.17. The van der Waals surface area contributed by atoms with Crippen molar-refractivity contribution < 1.29 is 0 Å². The van der Waals surface area contributed by atoms with E-state index in [9.17, 15) is 0 Å². The third-order valence-corrected chi connectivity index (χ3v) is 2.17. The predicted molar refractivity (Wildman–Crippen MR) is 54.6 cm³/mol. The lowest BCUT2D eigenvalue weighted by Gasteiger charge is -2.00. The van der Waals surface area contributed by atoms with Crippen LogP contribution in [-0.2, 0) is 6.54 Å². The minimum absolute atomic E-state index is 0.521. The van der Waals surface area contributed by atoms with Gasteiger partial charge in [-0.25, -0.2) is 4.98 Å². The molecule has 0 aliphatic heterocycles. The molecule has 0 radical (unpaired) electrons. The largest absolute Gasteiger partial charge is 0.326 e. The van der Waals surface area contributed by atoms with E-state index in [-0.39, 0.29) is 0 Å². The first-order chi connectivity index (χ1) is 6.29. The van der Waals surface area contributed by atoms with Crippen molar-refractivity contribution in [3.8, 4) is 0 Å². The van der Waals surface area contributed by atoms with Gasteiger partial charge in [-0.15, -0.1) is 0 Å². The Kier molecular flexibility index (Phi) is 2.17. The van der Waals surface area contributed by atoms with Crippen molar-refractivity contribution in [1.29, 1.82) is 0 Å². The second kappa shape index (κ2) is 3.32. The Labute approximate surface area is 81.3 Å². The summed E-state index contributed by atoms with van der Waals surface area (Å²) >= 11 is 5.76. The molecule has 1 heterocycles. The zero-order valence-electron chi connectivity index (χ0n) is 7.00. The van der Waals surface area contributed by atoms with E-state index >= 15 is 0 Å². The molecular weight excluding hydrogens is 184 g/mol. The van der Waals surface area contributed by atoms with Crippen molar-refractivity contribution in [2.24, 2.45) is 5.73 Å². The first kappa shape index (κ1) is 8.48. The Bertz CT molecular complexity index is 440. The predicted octanol–water partition coefficient (Wildman–Crippen LogP) is 2.35. The summed E-state index contributed by atoms with van der Waals surface area (Å²) in [6.07, 6.45) is 0. The summed E-state index contributed by atoms with van der Waals surface area (Å²) in [4.78, 5) is 4.18. The second-order valence-electron chi connectivity index (χ2n) is 2.87. The lowest BCUT2D eigenvalue weighted by Crippen LogP contribution is -1.95. The monoisotopic (exact) mass is 192 g/mol. The van der Waals surface area contributed by atoms with E-state index in [1.807, 2.05) is 24.3 Å². The molecule has 0 amide bonds. The molecule has 0 atom stereocenters. The Balaban J connectivity index is 2.66. The number of aromatic nitrogens is 1. The van der Waals surface area contributed by atoms with Crippen LogP contribution in [0.4, 0.5) is 0 Å². The third-order valence-electron chi connectivity index (χ3n) is 1.96. The molecule has 1 aromatic heterocycles. The number of nitrogens with two attached hydrogens (primary N) is 1. The lowest BCUT2D eigenvalue weighted by atomic mass is 10.1. The topological polar surface area (TPSA) is 38.9 Å². The summed E-state index contributed by atoms with van der Waals surface area (Å²) in [6, 6.07) is 9.65. The lowest BCUT2D eigenvalue weighted by molar-refractivity contribution is 1.07. The molecule has 2 rings (SSSR count). The Hall–Kier alpha value is -1.12. The van der Waals surface area contributed by atoms with Crippen LogP contribution in [0.2, 0.25) is 5.15 Å². The quantitative estimate of drug-likeness (QED) is 0.705. The summed E-state index contributed by atoms with van der Waals surface area (Å²) in [6.45, 7) is 0.554. The highest BCUT2D eigenvalue weighted by Gasteiger charge is 1.96. The van der Waals surface area contributed by atoms with Crippen LogP contribution in [-0.4, -0.2) is 4.98 Å². The molecule has 1 aromatic carbocycles. The van der Waals surface area contributed by atoms with Crippen LogP contribution in [0.15, 0.2) is 30.3 Å². The van der Waals surface area contributed by atoms with E-state index in [0.717, 1.165) is 16.5 Å². The van der Waals surface area contributed by atoms with Gasteiger partial charge in [-0.2, -0.15) is 0 Å². The molecule has 0 bridgehead atoms. The number of pyridine rings is 1. The Morgan fingerprint density at radius 2 is 2.08 bits per heavy atom. The fourth-order valence-electron chi connectivity index (χ4n) is 1.28. The Morgan fingerprint density at radius 1 is 1.23 bits per heavy atom. The van der Waals surface area contributed by atoms with Gasteiger partial charge in [0.2, 0.25) is 0 Å². The Morgan fingerprint density at radius 3 is 2.85 bits per heavy atom. The van der Waals surface area contributed by atoms with Gasteiger partial charge in [0.15, 0.2) is 0 Å². The maximum Gasteiger partial charge on any atom is 0.129 e. The van der Waals surface area contributed by atoms with Gasteiger partial charge in [-0.1, -0.05) is 17.7 Å². The van der Waals surface area contributed by atoms with Gasteiger partial charge in [0.1, 0.15) is 5.15 Å². The van der Waals surface area contributed by atoms with Gasteiger partial charge in [0.05, 0.1) is 5.52 Å². The first-order valence-corrected chi connectivity index (χ1v) is 4.42. The van der Waals surface area contributed by atoms with Crippen molar-refractivity contribution in [3.05, 3.63) is 41.0 Å². The molecule has 2 aromatic rings. The summed E-state index contributed by atoms with van der Waals surface area (Å²) in [5.74, 6) is 0. The number of nitrogens with zero attached hydrogens (tertiary/aromatic N) is 1. The number of benzene rings is 1. The molecule has 66 valence electrons. The molecule has 3 heteroatoms. The minimum Gasteiger partial charge on any atom is -0.326 e. The van der Waals surface area contributed by atoms with Gasteiger partial charge in [0, 0.05) is 11.9 Å². The fraction of sp³-hybridized carbons (Fsp3) is 0.100. The van der Waals surface area contributed by atoms with Crippen molar-refractivity contribution in [2.45, 2.75) is 6.54 Å². The fourth-order valence-corrected chi connectivity index (χ4v) is 1.43. The minimum atomic E-state index is 0.521. The number of halogens is 1. The van der Waals surface area contributed by atoms with Crippen LogP contribution < -0.4 is 5.73 Å². The molecule has 0 spiro atoms. The maximum absolute atomic E-state index is 5.76. The van der Waals surface area contributed by atoms with Gasteiger partial charge in [-0.3, -0.25) is 0 Å². The van der Waals surface area contributed by atoms with Crippen LogP contribution in [0.25, 0.3) is 10.9 Å². The highest BCUT2D eigenvalue weighted by atomic mass is 35.5. The third kappa shape index (κ3) is 1.64. The SMILES string of the molecule is NCc1ccc2nc(Cl)ccc2c1. The van der Waals surface area contributed by atoms with E-state index < -0.39 is 0 Å². The number of hydrogen-bond acceptors (Lipinski definition) is 2. The van der Waals surface area contributed by atoms with Crippen LogP contribution in [0.3, 0.4) is 0 Å².